The number of ether oxygens (including phenoxy) is 1. The summed E-state index contributed by atoms with van der Waals surface area (Å²) in [5, 5.41) is 0. The number of hydrogen-bond donors (Lipinski definition) is 0. The molecule has 1 fully saturated rings. The smallest absolute Gasteiger partial charge is 0.323 e. The lowest BCUT2D eigenvalue weighted by molar-refractivity contribution is -0.146. The van der Waals surface area contributed by atoms with E-state index in [1.165, 1.54) is 7.11 Å². The molecule has 26 heavy (non-hydrogen) atoms. The average molecular weight is 350 g/mol. The fourth-order valence-corrected chi connectivity index (χ4v) is 3.27. The van der Waals surface area contributed by atoms with Gasteiger partial charge < -0.3 is 4.74 Å². The average Bonchev–Trinajstić information content (AvgIpc) is 3.11. The van der Waals surface area contributed by atoms with E-state index in [4.69, 9.17) is 4.74 Å². The van der Waals surface area contributed by atoms with E-state index in [9.17, 15) is 9.59 Å². The molecule has 1 aliphatic heterocycles. The topological polar surface area (TPSA) is 59.5 Å². The number of allylic oxidation sites excluding steroid dienone is 1. The molecule has 1 aromatic carbocycles. The second kappa shape index (κ2) is 8.54. The Morgan fingerprint density at radius 3 is 2.62 bits per heavy atom. The van der Waals surface area contributed by atoms with Crippen molar-refractivity contribution >= 4 is 17.8 Å². The molecule has 2 unspecified atom stereocenters. The zero-order chi connectivity index (χ0) is 18.4. The van der Waals surface area contributed by atoms with Crippen molar-refractivity contribution in [2.24, 2.45) is 5.92 Å². The summed E-state index contributed by atoms with van der Waals surface area (Å²) in [7, 11) is 1.39. The fraction of sp³-hybridized carbons (Fsp3) is 0.286. The van der Waals surface area contributed by atoms with Gasteiger partial charge in [-0.2, -0.15) is 0 Å². The van der Waals surface area contributed by atoms with Crippen molar-refractivity contribution < 1.29 is 14.3 Å². The molecule has 0 aliphatic carbocycles. The Morgan fingerprint density at radius 1 is 1.19 bits per heavy atom. The normalized spacial score (nSPS) is 20.3. The molecule has 2 aromatic rings. The molecule has 2 heterocycles. The number of benzene rings is 1. The highest BCUT2D eigenvalue weighted by Crippen LogP contribution is 2.27. The number of hydrogen-bond acceptors (Lipinski definition) is 5. The van der Waals surface area contributed by atoms with Gasteiger partial charge in [0, 0.05) is 31.4 Å². The van der Waals surface area contributed by atoms with Gasteiger partial charge in [0.15, 0.2) is 5.78 Å². The number of pyridine rings is 1. The lowest BCUT2D eigenvalue weighted by atomic mass is 10.00. The summed E-state index contributed by atoms with van der Waals surface area (Å²) < 4.78 is 4.94. The molecule has 1 aliphatic rings. The van der Waals surface area contributed by atoms with E-state index in [0.717, 1.165) is 11.1 Å². The predicted octanol–water partition coefficient (Wildman–Crippen LogP) is 2.73. The number of esters is 1. The van der Waals surface area contributed by atoms with Crippen LogP contribution in [0.15, 0.2) is 60.9 Å². The summed E-state index contributed by atoms with van der Waals surface area (Å²) in [5.74, 6) is -0.457. The van der Waals surface area contributed by atoms with E-state index in [-0.39, 0.29) is 23.7 Å². The van der Waals surface area contributed by atoms with Crippen LogP contribution in [0.1, 0.15) is 17.5 Å². The van der Waals surface area contributed by atoms with Crippen molar-refractivity contribution in [3.05, 3.63) is 72.1 Å². The molecule has 0 bridgehead atoms. The fourth-order valence-electron chi connectivity index (χ4n) is 3.27. The number of aromatic nitrogens is 1. The van der Waals surface area contributed by atoms with Gasteiger partial charge in [0.1, 0.15) is 6.04 Å². The first-order valence-electron chi connectivity index (χ1n) is 8.65. The van der Waals surface area contributed by atoms with Gasteiger partial charge in [0.05, 0.1) is 7.11 Å². The summed E-state index contributed by atoms with van der Waals surface area (Å²) in [4.78, 5) is 30.7. The molecule has 134 valence electrons. The summed E-state index contributed by atoms with van der Waals surface area (Å²) in [6, 6.07) is 13.2. The minimum atomic E-state index is -0.386. The van der Waals surface area contributed by atoms with E-state index >= 15 is 0 Å². The van der Waals surface area contributed by atoms with E-state index in [0.29, 0.717) is 19.5 Å². The van der Waals surface area contributed by atoms with Crippen LogP contribution >= 0.6 is 0 Å². The summed E-state index contributed by atoms with van der Waals surface area (Å²) in [6.45, 7) is 1.17. The number of methoxy groups -OCH3 is 1. The van der Waals surface area contributed by atoms with Gasteiger partial charge in [0.25, 0.3) is 0 Å². The van der Waals surface area contributed by atoms with Gasteiger partial charge in [-0.25, -0.2) is 0 Å². The zero-order valence-electron chi connectivity index (χ0n) is 14.7. The number of ketones is 1. The minimum absolute atomic E-state index is 0.0336. The van der Waals surface area contributed by atoms with Crippen LogP contribution in [0.5, 0.6) is 0 Å². The molecular weight excluding hydrogens is 328 g/mol. The van der Waals surface area contributed by atoms with Crippen molar-refractivity contribution in [2.75, 3.05) is 13.7 Å². The van der Waals surface area contributed by atoms with Gasteiger partial charge in [-0.05, 0) is 35.8 Å². The highest BCUT2D eigenvalue weighted by molar-refractivity contribution is 5.96. The molecule has 2 atom stereocenters. The van der Waals surface area contributed by atoms with E-state index < -0.39 is 0 Å². The Morgan fingerprint density at radius 2 is 1.92 bits per heavy atom. The summed E-state index contributed by atoms with van der Waals surface area (Å²) >= 11 is 0. The number of carbonyl (C=O) groups excluding carboxylic acids is 2. The lowest BCUT2D eigenvalue weighted by Gasteiger charge is -2.22. The molecule has 0 N–H and O–H groups in total. The molecule has 0 spiro atoms. The van der Waals surface area contributed by atoms with Crippen LogP contribution in [0.3, 0.4) is 0 Å². The molecule has 5 heteroatoms. The highest BCUT2D eigenvalue weighted by Gasteiger charge is 2.39. The van der Waals surface area contributed by atoms with Crippen LogP contribution in [0.4, 0.5) is 0 Å². The van der Waals surface area contributed by atoms with E-state index in [1.807, 2.05) is 47.4 Å². The first-order chi connectivity index (χ1) is 12.7. The second-order valence-electron chi connectivity index (χ2n) is 6.40. The maximum Gasteiger partial charge on any atom is 0.323 e. The van der Waals surface area contributed by atoms with Gasteiger partial charge in [0.2, 0.25) is 0 Å². The quantitative estimate of drug-likeness (QED) is 0.592. The predicted molar refractivity (Wildman–Crippen MR) is 99.0 cm³/mol. The van der Waals surface area contributed by atoms with Crippen molar-refractivity contribution in [3.8, 4) is 0 Å². The van der Waals surface area contributed by atoms with Gasteiger partial charge in [-0.1, -0.05) is 36.4 Å². The van der Waals surface area contributed by atoms with Gasteiger partial charge >= 0.3 is 5.97 Å². The highest BCUT2D eigenvalue weighted by atomic mass is 16.5. The van der Waals surface area contributed by atoms with Crippen LogP contribution < -0.4 is 0 Å². The zero-order valence-corrected chi connectivity index (χ0v) is 14.7. The lowest BCUT2D eigenvalue weighted by Crippen LogP contribution is -2.36. The Hall–Kier alpha value is -2.79. The monoisotopic (exact) mass is 350 g/mol. The van der Waals surface area contributed by atoms with Crippen LogP contribution in [0.2, 0.25) is 0 Å². The number of rotatable bonds is 6. The van der Waals surface area contributed by atoms with Crippen LogP contribution in [-0.2, 0) is 20.9 Å². The van der Waals surface area contributed by atoms with Crippen LogP contribution in [-0.4, -0.2) is 41.3 Å². The van der Waals surface area contributed by atoms with Crippen molar-refractivity contribution in [2.45, 2.75) is 19.0 Å². The Bertz CT molecular complexity index is 774. The molecule has 1 aromatic heterocycles. The maximum atomic E-state index is 12.6. The summed E-state index contributed by atoms with van der Waals surface area (Å²) in [6.07, 6.45) is 7.25. The standard InChI is InChI=1S/C21H22N2O3/c1-26-21(25)19-13-18(15-23(19)14-17-5-3-2-4-6-17)20(24)8-7-16-9-11-22-12-10-16/h2-12,18-19H,13-15H2,1H3. The third-order valence-corrected chi connectivity index (χ3v) is 4.65. The molecule has 0 amide bonds. The Balaban J connectivity index is 1.70. The number of carbonyl (C=O) groups is 2. The molecule has 1 saturated heterocycles. The molecule has 3 rings (SSSR count). The van der Waals surface area contributed by atoms with Crippen molar-refractivity contribution in [3.63, 3.8) is 0 Å². The SMILES string of the molecule is COC(=O)C1CC(C(=O)C=Cc2ccncc2)CN1Cc1ccccc1. The minimum Gasteiger partial charge on any atom is -0.468 e. The first kappa shape index (κ1) is 18.0. The number of nitrogens with zero attached hydrogens (tertiary/aromatic N) is 2. The van der Waals surface area contributed by atoms with E-state index in [1.54, 1.807) is 24.5 Å². The van der Waals surface area contributed by atoms with Gasteiger partial charge in [-0.3, -0.25) is 19.5 Å². The van der Waals surface area contributed by atoms with Crippen molar-refractivity contribution in [1.82, 2.24) is 9.88 Å². The van der Waals surface area contributed by atoms with Crippen LogP contribution in [0, 0.1) is 5.92 Å². The first-order valence-corrected chi connectivity index (χ1v) is 8.65. The van der Waals surface area contributed by atoms with Gasteiger partial charge in [-0.15, -0.1) is 0 Å². The maximum absolute atomic E-state index is 12.6. The Labute approximate surface area is 153 Å². The summed E-state index contributed by atoms with van der Waals surface area (Å²) in [5.41, 5.74) is 2.04. The third kappa shape index (κ3) is 4.43. The number of likely N-dealkylation sites (tertiary alicyclic amines) is 1. The molecule has 0 saturated carbocycles. The molecular formula is C21H22N2O3. The third-order valence-electron chi connectivity index (χ3n) is 4.65. The van der Waals surface area contributed by atoms with Crippen LogP contribution in [0.25, 0.3) is 6.08 Å². The Kier molecular flexibility index (Phi) is 5.92. The largest absolute Gasteiger partial charge is 0.468 e. The molecule has 5 nitrogen and oxygen atoms in total. The second-order valence-corrected chi connectivity index (χ2v) is 6.40. The van der Waals surface area contributed by atoms with Crippen molar-refractivity contribution in [1.29, 1.82) is 0 Å². The van der Waals surface area contributed by atoms with E-state index in [2.05, 4.69) is 4.98 Å². The molecule has 0 radical (unpaired) electrons.